The molecule has 2 aromatic carbocycles. The maximum absolute atomic E-state index is 13.4. The number of carbonyl (C=O) groups is 2. The van der Waals surface area contributed by atoms with Crippen molar-refractivity contribution in [3.8, 4) is 11.1 Å². The second-order valence-corrected chi connectivity index (χ2v) is 9.36. The van der Waals surface area contributed by atoms with Gasteiger partial charge in [0.2, 0.25) is 11.8 Å². The quantitative estimate of drug-likeness (QED) is 0.628. The highest BCUT2D eigenvalue weighted by Gasteiger charge is 2.32. The highest BCUT2D eigenvalue weighted by Crippen LogP contribution is 2.28. The summed E-state index contributed by atoms with van der Waals surface area (Å²) in [4.78, 5) is 30.3. The van der Waals surface area contributed by atoms with Crippen molar-refractivity contribution in [2.24, 2.45) is 5.92 Å². The first-order valence-corrected chi connectivity index (χ1v) is 12.4. The van der Waals surface area contributed by atoms with Crippen LogP contribution in [-0.4, -0.2) is 60.5 Å². The first kappa shape index (κ1) is 23.5. The number of benzene rings is 2. The molecule has 0 bridgehead atoms. The second kappa shape index (κ2) is 11.0. The Labute approximate surface area is 197 Å². The molecule has 2 fully saturated rings. The van der Waals surface area contributed by atoms with Gasteiger partial charge in [-0.25, -0.2) is 0 Å². The Bertz CT molecular complexity index is 950. The summed E-state index contributed by atoms with van der Waals surface area (Å²) < 4.78 is 5.70. The van der Waals surface area contributed by atoms with Crippen molar-refractivity contribution in [2.45, 2.75) is 52.1 Å². The van der Waals surface area contributed by atoms with E-state index in [1.54, 1.807) is 0 Å². The Morgan fingerprint density at radius 2 is 1.88 bits per heavy atom. The highest BCUT2D eigenvalue weighted by atomic mass is 16.5. The van der Waals surface area contributed by atoms with E-state index in [0.29, 0.717) is 39.0 Å². The number of amides is 2. The van der Waals surface area contributed by atoms with Gasteiger partial charge in [-0.15, -0.1) is 0 Å². The number of hydrogen-bond donors (Lipinski definition) is 0. The van der Waals surface area contributed by atoms with Gasteiger partial charge in [0.15, 0.2) is 0 Å². The lowest BCUT2D eigenvalue weighted by atomic mass is 9.91. The molecule has 2 amide bonds. The Kier molecular flexibility index (Phi) is 7.81. The lowest BCUT2D eigenvalue weighted by Gasteiger charge is -2.25. The minimum Gasteiger partial charge on any atom is -0.378 e. The number of likely N-dealkylation sites (N-methyl/N-ethyl adjacent to an activating group) is 1. The highest BCUT2D eigenvalue weighted by molar-refractivity contribution is 5.83. The number of rotatable bonds is 7. The van der Waals surface area contributed by atoms with Gasteiger partial charge in [-0.05, 0) is 56.2 Å². The zero-order chi connectivity index (χ0) is 23.2. The Balaban J connectivity index is 1.51. The van der Waals surface area contributed by atoms with Crippen LogP contribution in [-0.2, 0) is 20.7 Å². The molecular weight excluding hydrogens is 412 g/mol. The Hall–Kier alpha value is -2.66. The van der Waals surface area contributed by atoms with Gasteiger partial charge in [0, 0.05) is 39.2 Å². The molecule has 0 aliphatic carbocycles. The van der Waals surface area contributed by atoms with Gasteiger partial charge in [-0.3, -0.25) is 9.59 Å². The van der Waals surface area contributed by atoms with Crippen molar-refractivity contribution in [1.82, 2.24) is 9.80 Å². The third-order valence-corrected chi connectivity index (χ3v) is 7.03. The summed E-state index contributed by atoms with van der Waals surface area (Å²) in [5.74, 6) is 0.0736. The van der Waals surface area contributed by atoms with Crippen molar-refractivity contribution in [2.75, 3.05) is 32.8 Å². The molecule has 2 aliphatic heterocycles. The van der Waals surface area contributed by atoms with Gasteiger partial charge >= 0.3 is 0 Å². The van der Waals surface area contributed by atoms with Crippen LogP contribution in [0, 0.1) is 12.8 Å². The van der Waals surface area contributed by atoms with E-state index in [9.17, 15) is 9.59 Å². The predicted molar refractivity (Wildman–Crippen MR) is 131 cm³/mol. The minimum atomic E-state index is -0.231. The van der Waals surface area contributed by atoms with E-state index in [2.05, 4.69) is 43.3 Å². The Morgan fingerprint density at radius 1 is 1.09 bits per heavy atom. The summed E-state index contributed by atoms with van der Waals surface area (Å²) in [5.41, 5.74) is 4.71. The molecule has 5 nitrogen and oxygen atoms in total. The molecule has 176 valence electrons. The molecule has 2 aliphatic rings. The van der Waals surface area contributed by atoms with E-state index in [1.807, 2.05) is 28.9 Å². The van der Waals surface area contributed by atoms with Crippen LogP contribution in [0.4, 0.5) is 0 Å². The molecule has 2 aromatic rings. The smallest absolute Gasteiger partial charge is 0.227 e. The third kappa shape index (κ3) is 5.83. The maximum atomic E-state index is 13.4. The summed E-state index contributed by atoms with van der Waals surface area (Å²) in [6.07, 6.45) is 4.26. The van der Waals surface area contributed by atoms with Crippen LogP contribution in [0.2, 0.25) is 0 Å². The second-order valence-electron chi connectivity index (χ2n) is 9.36. The van der Waals surface area contributed by atoms with Crippen LogP contribution >= 0.6 is 0 Å². The van der Waals surface area contributed by atoms with Gasteiger partial charge in [0.1, 0.15) is 0 Å². The monoisotopic (exact) mass is 448 g/mol. The molecule has 33 heavy (non-hydrogen) atoms. The molecule has 0 saturated carbocycles. The fourth-order valence-corrected chi connectivity index (χ4v) is 5.03. The molecule has 0 aromatic heterocycles. The fraction of sp³-hybridized carbons (Fsp3) is 0.500. The summed E-state index contributed by atoms with van der Waals surface area (Å²) in [5, 5.41) is 0. The van der Waals surface area contributed by atoms with Gasteiger partial charge in [-0.2, -0.15) is 0 Å². The molecule has 0 unspecified atom stereocenters. The first-order chi connectivity index (χ1) is 16.0. The lowest BCUT2D eigenvalue weighted by molar-refractivity contribution is -0.135. The minimum absolute atomic E-state index is 0.146. The van der Waals surface area contributed by atoms with E-state index < -0.39 is 0 Å². The molecule has 4 rings (SSSR count). The van der Waals surface area contributed by atoms with E-state index in [4.69, 9.17) is 4.74 Å². The molecule has 2 atom stereocenters. The van der Waals surface area contributed by atoms with Crippen molar-refractivity contribution in [3.63, 3.8) is 0 Å². The van der Waals surface area contributed by atoms with Gasteiger partial charge in [0.25, 0.3) is 0 Å². The van der Waals surface area contributed by atoms with Crippen LogP contribution in [0.5, 0.6) is 0 Å². The first-order valence-electron chi connectivity index (χ1n) is 12.4. The summed E-state index contributed by atoms with van der Waals surface area (Å²) in [7, 11) is 0. The van der Waals surface area contributed by atoms with Crippen LogP contribution in [0.15, 0.2) is 48.5 Å². The molecule has 0 radical (unpaired) electrons. The fourth-order valence-electron chi connectivity index (χ4n) is 5.03. The average Bonchev–Trinajstić information content (AvgIpc) is 3.30. The van der Waals surface area contributed by atoms with Gasteiger partial charge in [0.05, 0.1) is 12.0 Å². The molecule has 5 heteroatoms. The topological polar surface area (TPSA) is 49.9 Å². The number of aryl methyl sites for hydroxylation is 1. The number of nitrogens with zero attached hydrogens (tertiary/aromatic N) is 2. The third-order valence-electron chi connectivity index (χ3n) is 7.03. The lowest BCUT2D eigenvalue weighted by Crippen LogP contribution is -2.38. The van der Waals surface area contributed by atoms with Crippen molar-refractivity contribution < 1.29 is 14.3 Å². The average molecular weight is 449 g/mol. The maximum Gasteiger partial charge on any atom is 0.227 e. The van der Waals surface area contributed by atoms with Crippen LogP contribution in [0.1, 0.15) is 43.7 Å². The SMILES string of the molecule is CCN1CCN(C(=O)CC[C@H]2CCCO2)C[C@@H](Cc2ccccc2-c2ccc(C)cc2)C1=O. The predicted octanol–water partition coefficient (Wildman–Crippen LogP) is 4.47. The molecule has 0 N–H and O–H groups in total. The summed E-state index contributed by atoms with van der Waals surface area (Å²) in [6.45, 7) is 7.30. The largest absolute Gasteiger partial charge is 0.378 e. The summed E-state index contributed by atoms with van der Waals surface area (Å²) >= 11 is 0. The molecule has 0 spiro atoms. The van der Waals surface area contributed by atoms with Gasteiger partial charge < -0.3 is 14.5 Å². The van der Waals surface area contributed by atoms with E-state index in [0.717, 1.165) is 42.6 Å². The molecular formula is C28H36N2O3. The van der Waals surface area contributed by atoms with Crippen molar-refractivity contribution in [3.05, 3.63) is 59.7 Å². The number of carbonyl (C=O) groups excluding carboxylic acids is 2. The summed E-state index contributed by atoms with van der Waals surface area (Å²) in [6, 6.07) is 16.9. The van der Waals surface area contributed by atoms with E-state index in [1.165, 1.54) is 5.56 Å². The van der Waals surface area contributed by atoms with Crippen molar-refractivity contribution >= 4 is 11.8 Å². The molecule has 2 heterocycles. The standard InChI is InChI=1S/C28H36N2O3/c1-3-29-16-17-30(27(31)15-14-25-8-6-18-33-25)20-24(28(29)32)19-23-7-4-5-9-26(23)22-12-10-21(2)11-13-22/h4-5,7,9-13,24-25H,3,6,8,14-20H2,1-2H3/t24-,25-/m1/s1. The number of ether oxygens (including phenoxy) is 1. The van der Waals surface area contributed by atoms with Crippen LogP contribution in [0.25, 0.3) is 11.1 Å². The molecule has 2 saturated heterocycles. The van der Waals surface area contributed by atoms with E-state index in [-0.39, 0.29) is 23.8 Å². The van der Waals surface area contributed by atoms with Crippen molar-refractivity contribution in [1.29, 1.82) is 0 Å². The van der Waals surface area contributed by atoms with Crippen LogP contribution < -0.4 is 0 Å². The normalized spacial score (nSPS) is 21.3. The number of hydrogen-bond acceptors (Lipinski definition) is 3. The van der Waals surface area contributed by atoms with E-state index >= 15 is 0 Å². The zero-order valence-corrected chi connectivity index (χ0v) is 20.0. The zero-order valence-electron chi connectivity index (χ0n) is 20.0. The van der Waals surface area contributed by atoms with Crippen LogP contribution in [0.3, 0.4) is 0 Å². The Morgan fingerprint density at radius 3 is 2.61 bits per heavy atom. The van der Waals surface area contributed by atoms with Gasteiger partial charge in [-0.1, -0.05) is 54.1 Å².